The van der Waals surface area contributed by atoms with Crippen LogP contribution in [0.5, 0.6) is 5.75 Å². The number of aliphatic carboxylic acids is 1. The lowest BCUT2D eigenvalue weighted by molar-refractivity contribution is -0.141. The molecule has 1 atom stereocenters. The van der Waals surface area contributed by atoms with Crippen LogP contribution in [0.1, 0.15) is 24.9 Å². The molecule has 2 rings (SSSR count). The molecule has 1 N–H and O–H groups in total. The summed E-state index contributed by atoms with van der Waals surface area (Å²) >= 11 is 0. The third-order valence-corrected chi connectivity index (χ3v) is 3.55. The molecular weight excluding hydrogens is 315 g/mol. The first-order valence-electron chi connectivity index (χ1n) is 6.74. The Hall–Kier alpha value is -2.51. The van der Waals surface area contributed by atoms with Crippen molar-refractivity contribution in [1.82, 2.24) is 4.57 Å². The van der Waals surface area contributed by atoms with Crippen LogP contribution in [0.4, 0.5) is 13.2 Å². The molecule has 2 aromatic rings. The smallest absolute Gasteiger partial charge is 0.416 e. The van der Waals surface area contributed by atoms with Crippen LogP contribution in [0, 0.1) is 0 Å². The van der Waals surface area contributed by atoms with Crippen molar-refractivity contribution in [3.63, 3.8) is 0 Å². The largest absolute Gasteiger partial charge is 0.496 e. The molecule has 0 radical (unpaired) electrons. The fourth-order valence-corrected chi connectivity index (χ4v) is 2.45. The monoisotopic (exact) mass is 329 g/mol. The maximum atomic E-state index is 12.9. The summed E-state index contributed by atoms with van der Waals surface area (Å²) < 4.78 is 44.7. The number of fused-ring (bicyclic) bond motifs is 1. The van der Waals surface area contributed by atoms with E-state index < -0.39 is 29.3 Å². The summed E-state index contributed by atoms with van der Waals surface area (Å²) in [7, 11) is 1.28. The highest BCUT2D eigenvalue weighted by Gasteiger charge is 2.32. The first-order chi connectivity index (χ1) is 10.7. The van der Waals surface area contributed by atoms with Crippen LogP contribution in [-0.4, -0.2) is 22.8 Å². The van der Waals surface area contributed by atoms with Gasteiger partial charge in [0.2, 0.25) is 0 Å². The molecule has 124 valence electrons. The lowest BCUT2D eigenvalue weighted by Gasteiger charge is -2.19. The number of rotatable bonds is 4. The number of carboxylic acids is 1. The van der Waals surface area contributed by atoms with Crippen LogP contribution < -0.4 is 10.3 Å². The number of hydrogen-bond acceptors (Lipinski definition) is 3. The zero-order valence-corrected chi connectivity index (χ0v) is 12.3. The Balaban J connectivity index is 2.92. The Morgan fingerprint density at radius 3 is 2.48 bits per heavy atom. The van der Waals surface area contributed by atoms with Gasteiger partial charge in [-0.05, 0) is 24.6 Å². The van der Waals surface area contributed by atoms with Crippen LogP contribution in [0.2, 0.25) is 0 Å². The molecule has 1 aromatic heterocycles. The van der Waals surface area contributed by atoms with Crippen molar-refractivity contribution in [2.24, 2.45) is 0 Å². The molecular formula is C15H14F3NO4. The van der Waals surface area contributed by atoms with Gasteiger partial charge in [0.05, 0.1) is 18.2 Å². The number of carbonyl (C=O) groups is 1. The van der Waals surface area contributed by atoms with Gasteiger partial charge in [0.1, 0.15) is 11.8 Å². The van der Waals surface area contributed by atoms with E-state index in [2.05, 4.69) is 0 Å². The Kier molecular flexibility index (Phi) is 4.35. The molecule has 0 spiro atoms. The number of aromatic nitrogens is 1. The van der Waals surface area contributed by atoms with E-state index in [9.17, 15) is 27.9 Å². The fraction of sp³-hybridized carbons (Fsp3) is 0.333. The molecule has 0 saturated carbocycles. The van der Waals surface area contributed by atoms with Crippen molar-refractivity contribution in [2.75, 3.05) is 7.11 Å². The predicted octanol–water partition coefficient (Wildman–Crippen LogP) is 3.06. The van der Waals surface area contributed by atoms with Gasteiger partial charge in [-0.3, -0.25) is 9.36 Å². The van der Waals surface area contributed by atoms with Gasteiger partial charge in [0.15, 0.2) is 0 Å². The second kappa shape index (κ2) is 5.94. The fourth-order valence-electron chi connectivity index (χ4n) is 2.45. The molecule has 23 heavy (non-hydrogen) atoms. The molecule has 0 aliphatic carbocycles. The summed E-state index contributed by atoms with van der Waals surface area (Å²) in [5, 5.41) is 9.49. The highest BCUT2D eigenvalue weighted by atomic mass is 19.4. The Bertz CT molecular complexity index is 811. The molecule has 1 heterocycles. The number of benzene rings is 1. The van der Waals surface area contributed by atoms with Crippen molar-refractivity contribution in [3.8, 4) is 5.75 Å². The first-order valence-corrected chi connectivity index (χ1v) is 6.74. The summed E-state index contributed by atoms with van der Waals surface area (Å²) in [6.07, 6.45) is -4.56. The van der Waals surface area contributed by atoms with Crippen LogP contribution in [-0.2, 0) is 11.0 Å². The van der Waals surface area contributed by atoms with E-state index in [0.29, 0.717) is 0 Å². The number of nitrogens with zero attached hydrogens (tertiary/aromatic N) is 1. The van der Waals surface area contributed by atoms with Crippen molar-refractivity contribution in [2.45, 2.75) is 25.6 Å². The minimum absolute atomic E-state index is 0.0485. The Morgan fingerprint density at radius 2 is 2.00 bits per heavy atom. The van der Waals surface area contributed by atoms with Gasteiger partial charge < -0.3 is 9.84 Å². The summed E-state index contributed by atoms with van der Waals surface area (Å²) in [5.74, 6) is -1.20. The van der Waals surface area contributed by atoms with Crippen LogP contribution in [0.25, 0.3) is 10.9 Å². The molecule has 8 heteroatoms. The van der Waals surface area contributed by atoms with E-state index in [1.54, 1.807) is 0 Å². The standard InChI is InChI=1S/C15H14F3NO4/c1-3-10(14(21)22)19-11-6-8(15(16,17)18)4-5-9(11)12(23-2)7-13(19)20/h4-7,10H,3H2,1-2H3,(H,21,22). The van der Waals surface area contributed by atoms with Crippen molar-refractivity contribution >= 4 is 16.9 Å². The second-order valence-corrected chi connectivity index (χ2v) is 4.91. The Morgan fingerprint density at radius 1 is 1.35 bits per heavy atom. The van der Waals surface area contributed by atoms with Crippen molar-refractivity contribution in [1.29, 1.82) is 0 Å². The van der Waals surface area contributed by atoms with Gasteiger partial charge >= 0.3 is 12.1 Å². The minimum Gasteiger partial charge on any atom is -0.496 e. The van der Waals surface area contributed by atoms with E-state index in [-0.39, 0.29) is 23.1 Å². The third kappa shape index (κ3) is 3.01. The molecule has 0 aliphatic heterocycles. The molecule has 0 saturated heterocycles. The van der Waals surface area contributed by atoms with E-state index in [4.69, 9.17) is 4.74 Å². The molecule has 1 aromatic carbocycles. The van der Waals surface area contributed by atoms with Crippen LogP contribution >= 0.6 is 0 Å². The van der Waals surface area contributed by atoms with Crippen LogP contribution in [0.3, 0.4) is 0 Å². The van der Waals surface area contributed by atoms with Gasteiger partial charge in [0, 0.05) is 11.5 Å². The van der Waals surface area contributed by atoms with E-state index in [1.807, 2.05) is 0 Å². The zero-order chi connectivity index (χ0) is 17.4. The lowest BCUT2D eigenvalue weighted by atomic mass is 10.1. The molecule has 0 fully saturated rings. The molecule has 0 bridgehead atoms. The number of methoxy groups -OCH3 is 1. The number of pyridine rings is 1. The number of ether oxygens (including phenoxy) is 1. The highest BCUT2D eigenvalue weighted by molar-refractivity contribution is 5.87. The summed E-state index contributed by atoms with van der Waals surface area (Å²) in [6, 6.07) is 2.61. The topological polar surface area (TPSA) is 68.5 Å². The van der Waals surface area contributed by atoms with Gasteiger partial charge in [-0.25, -0.2) is 4.79 Å². The van der Waals surface area contributed by atoms with Crippen LogP contribution in [0.15, 0.2) is 29.1 Å². The van der Waals surface area contributed by atoms with E-state index in [1.165, 1.54) is 20.1 Å². The van der Waals surface area contributed by atoms with Gasteiger partial charge in [-0.1, -0.05) is 6.92 Å². The van der Waals surface area contributed by atoms with Gasteiger partial charge in [-0.15, -0.1) is 0 Å². The molecule has 0 aliphatic rings. The number of halogens is 3. The average Bonchev–Trinajstić information content (AvgIpc) is 2.47. The van der Waals surface area contributed by atoms with E-state index in [0.717, 1.165) is 22.8 Å². The summed E-state index contributed by atoms with van der Waals surface area (Å²) in [5.41, 5.74) is -1.83. The summed E-state index contributed by atoms with van der Waals surface area (Å²) in [6.45, 7) is 1.54. The van der Waals surface area contributed by atoms with Gasteiger partial charge in [-0.2, -0.15) is 13.2 Å². The maximum Gasteiger partial charge on any atom is 0.416 e. The first kappa shape index (κ1) is 16.9. The maximum absolute atomic E-state index is 12.9. The molecule has 1 unspecified atom stereocenters. The van der Waals surface area contributed by atoms with Crippen molar-refractivity contribution in [3.05, 3.63) is 40.2 Å². The quantitative estimate of drug-likeness (QED) is 0.936. The van der Waals surface area contributed by atoms with Crippen molar-refractivity contribution < 1.29 is 27.8 Å². The lowest BCUT2D eigenvalue weighted by Crippen LogP contribution is -2.29. The average molecular weight is 329 g/mol. The second-order valence-electron chi connectivity index (χ2n) is 4.91. The highest BCUT2D eigenvalue weighted by Crippen LogP contribution is 2.34. The van der Waals surface area contributed by atoms with Gasteiger partial charge in [0.25, 0.3) is 5.56 Å². The number of carboxylic acid groups (broad SMARTS) is 1. The number of alkyl halides is 3. The SMILES string of the molecule is CCC(C(=O)O)n1c(=O)cc(OC)c2ccc(C(F)(F)F)cc21. The zero-order valence-electron chi connectivity index (χ0n) is 12.3. The normalized spacial score (nSPS) is 13.1. The van der Waals surface area contributed by atoms with E-state index >= 15 is 0 Å². The summed E-state index contributed by atoms with van der Waals surface area (Å²) in [4.78, 5) is 23.6. The molecule has 5 nitrogen and oxygen atoms in total. The minimum atomic E-state index is -4.61. The third-order valence-electron chi connectivity index (χ3n) is 3.55. The number of hydrogen-bond donors (Lipinski definition) is 1. The Labute approximate surface area is 128 Å². The predicted molar refractivity (Wildman–Crippen MR) is 76.7 cm³/mol. The molecule has 0 amide bonds.